The second-order valence-electron chi connectivity index (χ2n) is 4.08. The zero-order valence-corrected chi connectivity index (χ0v) is 9.59. The second-order valence-corrected chi connectivity index (χ2v) is 4.08. The van der Waals surface area contributed by atoms with Crippen molar-refractivity contribution in [3.05, 3.63) is 0 Å². The number of likely N-dealkylation sites (N-methyl/N-ethyl adjacent to an activating group) is 1. The highest BCUT2D eigenvalue weighted by atomic mass is 16.5. The molecule has 14 heavy (non-hydrogen) atoms. The third-order valence-corrected chi connectivity index (χ3v) is 2.75. The van der Waals surface area contributed by atoms with Crippen LogP contribution in [0.4, 0.5) is 0 Å². The Kier molecular flexibility index (Phi) is 6.15. The Morgan fingerprint density at radius 1 is 1.36 bits per heavy atom. The molecule has 1 aliphatic carbocycles. The lowest BCUT2D eigenvalue weighted by Crippen LogP contribution is -2.34. The molecule has 0 aromatic heterocycles. The molecule has 0 saturated heterocycles. The van der Waals surface area contributed by atoms with Crippen molar-refractivity contribution in [1.29, 1.82) is 0 Å². The lowest BCUT2D eigenvalue weighted by Gasteiger charge is -2.20. The van der Waals surface area contributed by atoms with E-state index in [1.165, 1.54) is 32.5 Å². The van der Waals surface area contributed by atoms with Gasteiger partial charge < -0.3 is 15.0 Å². The van der Waals surface area contributed by atoms with Crippen LogP contribution in [-0.4, -0.2) is 51.3 Å². The van der Waals surface area contributed by atoms with E-state index < -0.39 is 0 Å². The molecule has 0 aliphatic heterocycles. The van der Waals surface area contributed by atoms with E-state index in [4.69, 9.17) is 4.74 Å². The molecule has 0 bridgehead atoms. The minimum absolute atomic E-state index is 0.814. The predicted molar refractivity (Wildman–Crippen MR) is 59.6 cm³/mol. The van der Waals surface area contributed by atoms with Gasteiger partial charge in [0.2, 0.25) is 0 Å². The Bertz CT molecular complexity index is 137. The SMILES string of the molecule is CCN(CCNCCOC)CC1CC1. The summed E-state index contributed by atoms with van der Waals surface area (Å²) in [6, 6.07) is 0. The van der Waals surface area contributed by atoms with Crippen molar-refractivity contribution in [2.45, 2.75) is 19.8 Å². The maximum absolute atomic E-state index is 4.97. The molecule has 0 radical (unpaired) electrons. The van der Waals surface area contributed by atoms with E-state index in [0.717, 1.165) is 25.6 Å². The van der Waals surface area contributed by atoms with Crippen LogP contribution < -0.4 is 5.32 Å². The van der Waals surface area contributed by atoms with Crippen LogP contribution in [0.5, 0.6) is 0 Å². The van der Waals surface area contributed by atoms with E-state index >= 15 is 0 Å². The zero-order valence-electron chi connectivity index (χ0n) is 9.59. The van der Waals surface area contributed by atoms with E-state index in [1.807, 2.05) is 0 Å². The smallest absolute Gasteiger partial charge is 0.0587 e. The maximum atomic E-state index is 4.97. The lowest BCUT2D eigenvalue weighted by molar-refractivity contribution is 0.196. The largest absolute Gasteiger partial charge is 0.383 e. The normalized spacial score (nSPS) is 16.5. The Labute approximate surface area is 87.8 Å². The molecule has 1 rings (SSSR count). The molecule has 3 heteroatoms. The van der Waals surface area contributed by atoms with Gasteiger partial charge in [0.05, 0.1) is 6.61 Å². The van der Waals surface area contributed by atoms with Crippen molar-refractivity contribution in [2.75, 3.05) is 46.4 Å². The van der Waals surface area contributed by atoms with Crippen molar-refractivity contribution >= 4 is 0 Å². The van der Waals surface area contributed by atoms with Crippen LogP contribution in [0.2, 0.25) is 0 Å². The molecule has 0 spiro atoms. The van der Waals surface area contributed by atoms with Crippen LogP contribution in [0.25, 0.3) is 0 Å². The molecule has 3 nitrogen and oxygen atoms in total. The molecule has 1 saturated carbocycles. The molecule has 0 aromatic carbocycles. The summed E-state index contributed by atoms with van der Waals surface area (Å²) in [6.45, 7) is 8.79. The van der Waals surface area contributed by atoms with E-state index in [-0.39, 0.29) is 0 Å². The third-order valence-electron chi connectivity index (χ3n) is 2.75. The number of rotatable bonds is 9. The fourth-order valence-electron chi connectivity index (χ4n) is 1.58. The van der Waals surface area contributed by atoms with Crippen molar-refractivity contribution in [1.82, 2.24) is 10.2 Å². The highest BCUT2D eigenvalue weighted by Crippen LogP contribution is 2.29. The number of hydrogen-bond donors (Lipinski definition) is 1. The Morgan fingerprint density at radius 3 is 2.71 bits per heavy atom. The quantitative estimate of drug-likeness (QED) is 0.561. The molecule has 1 aliphatic rings. The van der Waals surface area contributed by atoms with E-state index in [2.05, 4.69) is 17.1 Å². The number of nitrogens with one attached hydrogen (secondary N) is 1. The average Bonchev–Trinajstić information content (AvgIpc) is 2.99. The molecule has 1 N–H and O–H groups in total. The van der Waals surface area contributed by atoms with Crippen molar-refractivity contribution < 1.29 is 4.74 Å². The van der Waals surface area contributed by atoms with Gasteiger partial charge in [-0.2, -0.15) is 0 Å². The first kappa shape index (κ1) is 12.0. The van der Waals surface area contributed by atoms with Gasteiger partial charge in [0, 0.05) is 33.3 Å². The first-order chi connectivity index (χ1) is 6.86. The van der Waals surface area contributed by atoms with Crippen LogP contribution in [0.3, 0.4) is 0 Å². The summed E-state index contributed by atoms with van der Waals surface area (Å²) >= 11 is 0. The molecular formula is C11H24N2O. The van der Waals surface area contributed by atoms with Gasteiger partial charge in [-0.3, -0.25) is 0 Å². The minimum Gasteiger partial charge on any atom is -0.383 e. The number of hydrogen-bond acceptors (Lipinski definition) is 3. The summed E-state index contributed by atoms with van der Waals surface area (Å²) in [5, 5.41) is 3.38. The van der Waals surface area contributed by atoms with Gasteiger partial charge in [-0.1, -0.05) is 6.92 Å². The number of ether oxygens (including phenoxy) is 1. The van der Waals surface area contributed by atoms with Crippen LogP contribution in [-0.2, 0) is 4.74 Å². The fourth-order valence-corrected chi connectivity index (χ4v) is 1.58. The van der Waals surface area contributed by atoms with Crippen LogP contribution in [0.15, 0.2) is 0 Å². The summed E-state index contributed by atoms with van der Waals surface area (Å²) in [5.74, 6) is 1.01. The van der Waals surface area contributed by atoms with Gasteiger partial charge >= 0.3 is 0 Å². The number of nitrogens with zero attached hydrogens (tertiary/aromatic N) is 1. The third kappa shape index (κ3) is 5.58. The predicted octanol–water partition coefficient (Wildman–Crippen LogP) is 0.954. The van der Waals surface area contributed by atoms with Gasteiger partial charge in [0.15, 0.2) is 0 Å². The van der Waals surface area contributed by atoms with E-state index in [0.29, 0.717) is 0 Å². The summed E-state index contributed by atoms with van der Waals surface area (Å²) < 4.78 is 4.97. The standard InChI is InChI=1S/C11H24N2O/c1-3-13(10-11-4-5-11)8-6-12-7-9-14-2/h11-12H,3-10H2,1-2H3. The van der Waals surface area contributed by atoms with Crippen LogP contribution in [0, 0.1) is 5.92 Å². The highest BCUT2D eigenvalue weighted by Gasteiger charge is 2.23. The van der Waals surface area contributed by atoms with Gasteiger partial charge in [-0.15, -0.1) is 0 Å². The summed E-state index contributed by atoms with van der Waals surface area (Å²) in [6.07, 6.45) is 2.90. The van der Waals surface area contributed by atoms with E-state index in [1.54, 1.807) is 7.11 Å². The molecule has 0 unspecified atom stereocenters. The fraction of sp³-hybridized carbons (Fsp3) is 1.00. The Balaban J connectivity index is 1.90. The van der Waals surface area contributed by atoms with Crippen LogP contribution >= 0.6 is 0 Å². The molecule has 0 amide bonds. The topological polar surface area (TPSA) is 24.5 Å². The monoisotopic (exact) mass is 200 g/mol. The second kappa shape index (κ2) is 7.21. The van der Waals surface area contributed by atoms with Gasteiger partial charge in [0.1, 0.15) is 0 Å². The number of methoxy groups -OCH3 is 1. The zero-order chi connectivity index (χ0) is 10.2. The summed E-state index contributed by atoms with van der Waals surface area (Å²) in [4.78, 5) is 2.54. The van der Waals surface area contributed by atoms with Gasteiger partial charge in [-0.05, 0) is 25.3 Å². The van der Waals surface area contributed by atoms with Crippen molar-refractivity contribution in [3.63, 3.8) is 0 Å². The molecule has 0 aromatic rings. The van der Waals surface area contributed by atoms with Crippen molar-refractivity contribution in [3.8, 4) is 0 Å². The molecular weight excluding hydrogens is 176 g/mol. The molecule has 0 heterocycles. The minimum atomic E-state index is 0.814. The first-order valence-corrected chi connectivity index (χ1v) is 5.78. The van der Waals surface area contributed by atoms with Crippen molar-refractivity contribution in [2.24, 2.45) is 5.92 Å². The average molecular weight is 200 g/mol. The highest BCUT2D eigenvalue weighted by molar-refractivity contribution is 4.77. The molecule has 1 fully saturated rings. The first-order valence-electron chi connectivity index (χ1n) is 5.78. The lowest BCUT2D eigenvalue weighted by atomic mass is 10.3. The Hall–Kier alpha value is -0.120. The van der Waals surface area contributed by atoms with Gasteiger partial charge in [0.25, 0.3) is 0 Å². The molecule has 84 valence electrons. The maximum Gasteiger partial charge on any atom is 0.0587 e. The van der Waals surface area contributed by atoms with Gasteiger partial charge in [-0.25, -0.2) is 0 Å². The summed E-state index contributed by atoms with van der Waals surface area (Å²) in [5.41, 5.74) is 0. The van der Waals surface area contributed by atoms with E-state index in [9.17, 15) is 0 Å². The molecule has 0 atom stereocenters. The Morgan fingerprint density at radius 2 is 2.14 bits per heavy atom. The summed E-state index contributed by atoms with van der Waals surface area (Å²) in [7, 11) is 1.74. The van der Waals surface area contributed by atoms with Crippen LogP contribution in [0.1, 0.15) is 19.8 Å².